The van der Waals surface area contributed by atoms with E-state index in [0.717, 1.165) is 0 Å². The molecule has 0 rings (SSSR count). The molecule has 0 radical (unpaired) electrons. The van der Waals surface area contributed by atoms with Gasteiger partial charge in [-0.15, -0.1) is 0 Å². The van der Waals surface area contributed by atoms with Gasteiger partial charge in [0.2, 0.25) is 10.0 Å². The first-order valence-electron chi connectivity index (χ1n) is 3.79. The number of Topliss-reactive ketones (excluding diaryl/α,β-unsaturated/α-hetero) is 1. The zero-order valence-corrected chi connectivity index (χ0v) is 8.60. The number of sulfonamides is 1. The minimum Gasteiger partial charge on any atom is -0.298 e. The van der Waals surface area contributed by atoms with Crippen molar-refractivity contribution in [1.29, 1.82) is 0 Å². The molecular weight excluding hydrogens is 178 g/mol. The molecule has 0 heterocycles. The molecule has 1 N–H and O–H groups in total. The summed E-state index contributed by atoms with van der Waals surface area (Å²) in [6, 6.07) is -0.627. The second-order valence-electron chi connectivity index (χ2n) is 3.04. The zero-order valence-electron chi connectivity index (χ0n) is 7.79. The average molecular weight is 193 g/mol. The van der Waals surface area contributed by atoms with E-state index in [0.29, 0.717) is 0 Å². The topological polar surface area (TPSA) is 63.2 Å². The first-order valence-corrected chi connectivity index (χ1v) is 5.33. The van der Waals surface area contributed by atoms with Crippen molar-refractivity contribution in [2.45, 2.75) is 39.0 Å². The van der Waals surface area contributed by atoms with Gasteiger partial charge >= 0.3 is 0 Å². The summed E-state index contributed by atoms with van der Waals surface area (Å²) in [6.07, 6.45) is 0. The van der Waals surface area contributed by atoms with E-state index in [1.807, 2.05) is 0 Å². The van der Waals surface area contributed by atoms with Crippen molar-refractivity contribution in [3.8, 4) is 0 Å². The van der Waals surface area contributed by atoms with Crippen LogP contribution in [-0.2, 0) is 14.8 Å². The van der Waals surface area contributed by atoms with Gasteiger partial charge in [0.15, 0.2) is 0 Å². The maximum atomic E-state index is 11.2. The van der Waals surface area contributed by atoms with E-state index >= 15 is 0 Å². The Balaban J connectivity index is 4.37. The Morgan fingerprint density at radius 2 is 1.67 bits per heavy atom. The lowest BCUT2D eigenvalue weighted by Crippen LogP contribution is -2.40. The van der Waals surface area contributed by atoms with Gasteiger partial charge in [0, 0.05) is 0 Å². The van der Waals surface area contributed by atoms with Gasteiger partial charge < -0.3 is 0 Å². The van der Waals surface area contributed by atoms with Gasteiger partial charge in [0.05, 0.1) is 11.3 Å². The fourth-order valence-corrected chi connectivity index (χ4v) is 1.40. The normalized spacial score (nSPS) is 14.8. The molecule has 5 heteroatoms. The lowest BCUT2D eigenvalue weighted by molar-refractivity contribution is -0.118. The molecule has 0 aromatic rings. The number of carbonyl (C=O) groups is 1. The third-order valence-corrected chi connectivity index (χ3v) is 3.49. The van der Waals surface area contributed by atoms with Gasteiger partial charge in [-0.25, -0.2) is 13.1 Å². The van der Waals surface area contributed by atoms with Gasteiger partial charge in [-0.2, -0.15) is 0 Å². The largest absolute Gasteiger partial charge is 0.298 e. The van der Waals surface area contributed by atoms with E-state index in [-0.39, 0.29) is 5.78 Å². The second-order valence-corrected chi connectivity index (χ2v) is 5.31. The van der Waals surface area contributed by atoms with Crippen molar-refractivity contribution >= 4 is 15.8 Å². The number of nitrogens with one attached hydrogen (secondary N) is 1. The molecule has 0 aliphatic carbocycles. The molecule has 0 fully saturated rings. The quantitative estimate of drug-likeness (QED) is 0.698. The van der Waals surface area contributed by atoms with Crippen molar-refractivity contribution in [2.75, 3.05) is 0 Å². The Morgan fingerprint density at radius 1 is 1.25 bits per heavy atom. The van der Waals surface area contributed by atoms with Crippen LogP contribution in [-0.4, -0.2) is 25.5 Å². The predicted molar refractivity (Wildman–Crippen MR) is 47.3 cm³/mol. The van der Waals surface area contributed by atoms with Gasteiger partial charge in [-0.3, -0.25) is 4.79 Å². The van der Waals surface area contributed by atoms with Crippen LogP contribution in [0.1, 0.15) is 27.7 Å². The molecule has 1 atom stereocenters. The summed E-state index contributed by atoms with van der Waals surface area (Å²) in [5.41, 5.74) is 0. The SMILES string of the molecule is CC(=O)C(C)NS(=O)(=O)C(C)C. The highest BCUT2D eigenvalue weighted by molar-refractivity contribution is 7.90. The lowest BCUT2D eigenvalue weighted by atomic mass is 10.3. The highest BCUT2D eigenvalue weighted by Crippen LogP contribution is 1.98. The summed E-state index contributed by atoms with van der Waals surface area (Å²) in [6.45, 7) is 6.01. The van der Waals surface area contributed by atoms with Crippen molar-refractivity contribution in [2.24, 2.45) is 0 Å². The van der Waals surface area contributed by atoms with Gasteiger partial charge in [-0.1, -0.05) is 0 Å². The molecule has 0 spiro atoms. The van der Waals surface area contributed by atoms with Crippen molar-refractivity contribution in [3.05, 3.63) is 0 Å². The maximum Gasteiger partial charge on any atom is 0.214 e. The van der Waals surface area contributed by atoms with Crippen molar-refractivity contribution < 1.29 is 13.2 Å². The monoisotopic (exact) mass is 193 g/mol. The molecule has 0 saturated carbocycles. The minimum absolute atomic E-state index is 0.181. The average Bonchev–Trinajstić information content (AvgIpc) is 1.85. The fraction of sp³-hybridized carbons (Fsp3) is 0.857. The molecule has 0 aromatic heterocycles. The predicted octanol–water partition coefficient (Wildman–Crippen LogP) is 0.292. The van der Waals surface area contributed by atoms with E-state index in [1.165, 1.54) is 13.8 Å². The minimum atomic E-state index is -3.31. The van der Waals surface area contributed by atoms with E-state index in [9.17, 15) is 13.2 Å². The highest BCUT2D eigenvalue weighted by atomic mass is 32.2. The van der Waals surface area contributed by atoms with Crippen LogP contribution < -0.4 is 4.72 Å². The van der Waals surface area contributed by atoms with Crippen molar-refractivity contribution in [1.82, 2.24) is 4.72 Å². The van der Waals surface area contributed by atoms with Gasteiger partial charge in [0.1, 0.15) is 5.78 Å². The van der Waals surface area contributed by atoms with Crippen LogP contribution in [0, 0.1) is 0 Å². The van der Waals surface area contributed by atoms with E-state index < -0.39 is 21.3 Å². The smallest absolute Gasteiger partial charge is 0.214 e. The number of hydrogen-bond donors (Lipinski definition) is 1. The molecule has 0 bridgehead atoms. The molecule has 0 aromatic carbocycles. The van der Waals surface area contributed by atoms with Crippen LogP contribution in [0.25, 0.3) is 0 Å². The summed E-state index contributed by atoms with van der Waals surface area (Å²) in [4.78, 5) is 10.7. The van der Waals surface area contributed by atoms with E-state index in [4.69, 9.17) is 0 Å². The molecule has 0 aliphatic heterocycles. The van der Waals surface area contributed by atoms with Gasteiger partial charge in [-0.05, 0) is 27.7 Å². The summed E-state index contributed by atoms with van der Waals surface area (Å²) in [7, 11) is -3.31. The molecule has 1 unspecified atom stereocenters. The van der Waals surface area contributed by atoms with Crippen LogP contribution in [0.5, 0.6) is 0 Å². The van der Waals surface area contributed by atoms with E-state index in [1.54, 1.807) is 13.8 Å². The Hall–Kier alpha value is -0.420. The fourth-order valence-electron chi connectivity index (χ4n) is 0.465. The molecule has 0 amide bonds. The molecule has 12 heavy (non-hydrogen) atoms. The van der Waals surface area contributed by atoms with Crippen LogP contribution in [0.15, 0.2) is 0 Å². The molecule has 4 nitrogen and oxygen atoms in total. The third-order valence-electron chi connectivity index (χ3n) is 1.57. The van der Waals surface area contributed by atoms with Gasteiger partial charge in [0.25, 0.3) is 0 Å². The molecule has 72 valence electrons. The Bertz CT molecular complexity index is 256. The van der Waals surface area contributed by atoms with Crippen LogP contribution in [0.3, 0.4) is 0 Å². The van der Waals surface area contributed by atoms with Crippen LogP contribution >= 0.6 is 0 Å². The maximum absolute atomic E-state index is 11.2. The van der Waals surface area contributed by atoms with E-state index in [2.05, 4.69) is 4.72 Å². The Labute approximate surface area is 73.4 Å². The lowest BCUT2D eigenvalue weighted by Gasteiger charge is -2.13. The number of ketones is 1. The first-order chi connectivity index (χ1) is 5.27. The first kappa shape index (κ1) is 11.6. The second kappa shape index (κ2) is 4.00. The number of hydrogen-bond acceptors (Lipinski definition) is 3. The number of rotatable bonds is 4. The standard InChI is InChI=1S/C7H15NO3S/c1-5(2)12(10,11)8-6(3)7(4)9/h5-6,8H,1-4H3. The Morgan fingerprint density at radius 3 is 1.92 bits per heavy atom. The number of carbonyl (C=O) groups excluding carboxylic acids is 1. The summed E-state index contributed by atoms with van der Waals surface area (Å²) in [5, 5.41) is -0.501. The third kappa shape index (κ3) is 3.32. The molecule has 0 aliphatic rings. The summed E-state index contributed by atoms with van der Waals surface area (Å²) >= 11 is 0. The summed E-state index contributed by atoms with van der Waals surface area (Å²) < 4.78 is 24.6. The highest BCUT2D eigenvalue weighted by Gasteiger charge is 2.20. The zero-order chi connectivity index (χ0) is 9.94. The molecular formula is C7H15NO3S. The van der Waals surface area contributed by atoms with Crippen LogP contribution in [0.2, 0.25) is 0 Å². The summed E-state index contributed by atoms with van der Waals surface area (Å²) in [5.74, 6) is -0.181. The van der Waals surface area contributed by atoms with Crippen molar-refractivity contribution in [3.63, 3.8) is 0 Å². The molecule has 0 saturated heterocycles. The Kier molecular flexibility index (Phi) is 3.86. The van der Waals surface area contributed by atoms with Crippen LogP contribution in [0.4, 0.5) is 0 Å².